The molecule has 0 spiro atoms. The Balaban J connectivity index is 2.38. The van der Waals surface area contributed by atoms with E-state index in [9.17, 15) is 4.79 Å². The topological polar surface area (TPSA) is 59.9 Å². The average Bonchev–Trinajstić information content (AvgIpc) is 2.77. The van der Waals surface area contributed by atoms with Gasteiger partial charge in [-0.3, -0.25) is 0 Å². The molecule has 0 aliphatic heterocycles. The van der Waals surface area contributed by atoms with Crippen LogP contribution in [0.3, 0.4) is 0 Å². The van der Waals surface area contributed by atoms with E-state index < -0.39 is 0 Å². The minimum Gasteiger partial charge on any atom is -0.497 e. The van der Waals surface area contributed by atoms with E-state index in [4.69, 9.17) is 4.74 Å². The molecule has 1 heterocycles. The first-order valence-corrected chi connectivity index (χ1v) is 6.30. The standard InChI is InChI=1S/C12H13N3O2S/c1-3-8-18-12-14-13-11(16)15(12)9-4-6-10(17-2)7-5-9/h3-7H,1,8H2,2H3,(H,13,16). The van der Waals surface area contributed by atoms with Gasteiger partial charge in [0, 0.05) is 5.75 Å². The number of H-pyrrole nitrogens is 1. The number of thioether (sulfide) groups is 1. The Morgan fingerprint density at radius 1 is 1.50 bits per heavy atom. The Morgan fingerprint density at radius 3 is 2.83 bits per heavy atom. The van der Waals surface area contributed by atoms with Crippen LogP contribution >= 0.6 is 11.8 Å². The highest BCUT2D eigenvalue weighted by atomic mass is 32.2. The van der Waals surface area contributed by atoms with Crippen molar-refractivity contribution in [1.82, 2.24) is 14.8 Å². The predicted molar refractivity (Wildman–Crippen MR) is 71.7 cm³/mol. The zero-order valence-corrected chi connectivity index (χ0v) is 10.7. The quantitative estimate of drug-likeness (QED) is 0.660. The van der Waals surface area contributed by atoms with E-state index in [-0.39, 0.29) is 5.69 Å². The fourth-order valence-corrected chi connectivity index (χ4v) is 2.17. The molecule has 0 saturated carbocycles. The average molecular weight is 263 g/mol. The van der Waals surface area contributed by atoms with E-state index in [2.05, 4.69) is 16.8 Å². The van der Waals surface area contributed by atoms with Gasteiger partial charge in [-0.05, 0) is 24.3 Å². The second-order valence-corrected chi connectivity index (χ2v) is 4.43. The summed E-state index contributed by atoms with van der Waals surface area (Å²) in [5.74, 6) is 1.44. The lowest BCUT2D eigenvalue weighted by molar-refractivity contribution is 0.414. The first-order chi connectivity index (χ1) is 8.76. The highest BCUT2D eigenvalue weighted by molar-refractivity contribution is 7.99. The normalized spacial score (nSPS) is 10.3. The van der Waals surface area contributed by atoms with Crippen LogP contribution in [0, 0.1) is 0 Å². The van der Waals surface area contributed by atoms with E-state index in [1.54, 1.807) is 25.3 Å². The minimum atomic E-state index is -0.258. The maximum atomic E-state index is 11.7. The number of benzene rings is 1. The summed E-state index contributed by atoms with van der Waals surface area (Å²) in [4.78, 5) is 11.7. The molecule has 0 aliphatic carbocycles. The molecule has 6 heteroatoms. The van der Waals surface area contributed by atoms with Gasteiger partial charge in [-0.25, -0.2) is 14.5 Å². The van der Waals surface area contributed by atoms with Crippen LogP contribution in [0.25, 0.3) is 5.69 Å². The molecular weight excluding hydrogens is 250 g/mol. The fraction of sp³-hybridized carbons (Fsp3) is 0.167. The summed E-state index contributed by atoms with van der Waals surface area (Å²) >= 11 is 1.44. The summed E-state index contributed by atoms with van der Waals surface area (Å²) < 4.78 is 6.60. The van der Waals surface area contributed by atoms with Crippen molar-refractivity contribution in [2.45, 2.75) is 5.16 Å². The van der Waals surface area contributed by atoms with Gasteiger partial charge in [0.1, 0.15) is 5.75 Å². The van der Waals surface area contributed by atoms with E-state index in [0.29, 0.717) is 10.9 Å². The second kappa shape index (κ2) is 5.59. The molecule has 2 rings (SSSR count). The summed E-state index contributed by atoms with van der Waals surface area (Å²) in [6.07, 6.45) is 1.77. The number of hydrogen-bond acceptors (Lipinski definition) is 4. The Hall–Kier alpha value is -1.95. The molecule has 0 atom stereocenters. The van der Waals surface area contributed by atoms with Gasteiger partial charge < -0.3 is 4.74 Å². The monoisotopic (exact) mass is 263 g/mol. The lowest BCUT2D eigenvalue weighted by Gasteiger charge is -2.05. The van der Waals surface area contributed by atoms with Gasteiger partial charge in [0.05, 0.1) is 12.8 Å². The third kappa shape index (κ3) is 2.48. The Kier molecular flexibility index (Phi) is 3.88. The number of ether oxygens (including phenoxy) is 1. The highest BCUT2D eigenvalue weighted by Gasteiger charge is 2.10. The first kappa shape index (κ1) is 12.5. The lowest BCUT2D eigenvalue weighted by Crippen LogP contribution is -2.15. The third-order valence-corrected chi connectivity index (χ3v) is 3.24. The van der Waals surface area contributed by atoms with Crippen LogP contribution < -0.4 is 10.4 Å². The molecule has 0 amide bonds. The lowest BCUT2D eigenvalue weighted by atomic mass is 10.3. The molecule has 1 aromatic heterocycles. The number of methoxy groups -OCH3 is 1. The largest absolute Gasteiger partial charge is 0.497 e. The van der Waals surface area contributed by atoms with Crippen LogP contribution in [-0.4, -0.2) is 27.6 Å². The smallest absolute Gasteiger partial charge is 0.348 e. The van der Waals surface area contributed by atoms with Crippen molar-refractivity contribution in [1.29, 1.82) is 0 Å². The van der Waals surface area contributed by atoms with Crippen LogP contribution in [0.2, 0.25) is 0 Å². The Labute approximate surface area is 108 Å². The maximum Gasteiger partial charge on any atom is 0.348 e. The van der Waals surface area contributed by atoms with Gasteiger partial charge >= 0.3 is 5.69 Å². The molecule has 0 saturated heterocycles. The summed E-state index contributed by atoms with van der Waals surface area (Å²) in [7, 11) is 1.60. The molecule has 5 nitrogen and oxygen atoms in total. The predicted octanol–water partition coefficient (Wildman–Crippen LogP) is 1.85. The van der Waals surface area contributed by atoms with Crippen molar-refractivity contribution in [2.24, 2.45) is 0 Å². The van der Waals surface area contributed by atoms with Crippen molar-refractivity contribution in [3.8, 4) is 11.4 Å². The van der Waals surface area contributed by atoms with Crippen molar-refractivity contribution >= 4 is 11.8 Å². The number of aromatic amines is 1. The van der Waals surface area contributed by atoms with Crippen molar-refractivity contribution in [3.05, 3.63) is 47.4 Å². The van der Waals surface area contributed by atoms with E-state index in [1.165, 1.54) is 16.3 Å². The number of rotatable bonds is 5. The second-order valence-electron chi connectivity index (χ2n) is 3.44. The Bertz CT molecular complexity index is 586. The summed E-state index contributed by atoms with van der Waals surface area (Å²) in [5, 5.41) is 7.04. The van der Waals surface area contributed by atoms with E-state index in [0.717, 1.165) is 11.4 Å². The van der Waals surface area contributed by atoms with Crippen molar-refractivity contribution in [3.63, 3.8) is 0 Å². The summed E-state index contributed by atoms with van der Waals surface area (Å²) in [5.41, 5.74) is 0.493. The number of hydrogen-bond donors (Lipinski definition) is 1. The summed E-state index contributed by atoms with van der Waals surface area (Å²) in [6.45, 7) is 3.64. The number of nitrogens with zero attached hydrogens (tertiary/aromatic N) is 2. The molecule has 1 N–H and O–H groups in total. The van der Waals surface area contributed by atoms with Crippen molar-refractivity contribution < 1.29 is 4.74 Å². The molecule has 0 fully saturated rings. The highest BCUT2D eigenvalue weighted by Crippen LogP contribution is 2.19. The van der Waals surface area contributed by atoms with Crippen molar-refractivity contribution in [2.75, 3.05) is 12.9 Å². The third-order valence-electron chi connectivity index (χ3n) is 2.30. The van der Waals surface area contributed by atoms with Gasteiger partial charge in [0.25, 0.3) is 0 Å². The fourth-order valence-electron chi connectivity index (χ4n) is 1.47. The van der Waals surface area contributed by atoms with Crippen LogP contribution in [0.5, 0.6) is 5.75 Å². The van der Waals surface area contributed by atoms with E-state index in [1.807, 2.05) is 12.1 Å². The van der Waals surface area contributed by atoms with Gasteiger partial charge in [-0.1, -0.05) is 17.8 Å². The van der Waals surface area contributed by atoms with Crippen LogP contribution in [-0.2, 0) is 0 Å². The SMILES string of the molecule is C=CCSc1n[nH]c(=O)n1-c1ccc(OC)cc1. The molecule has 94 valence electrons. The molecule has 1 aromatic carbocycles. The zero-order chi connectivity index (χ0) is 13.0. The molecule has 2 aromatic rings. The van der Waals surface area contributed by atoms with Crippen LogP contribution in [0.4, 0.5) is 0 Å². The van der Waals surface area contributed by atoms with Gasteiger partial charge in [-0.15, -0.1) is 11.7 Å². The van der Waals surface area contributed by atoms with Crippen LogP contribution in [0.15, 0.2) is 46.9 Å². The molecule has 0 radical (unpaired) electrons. The number of aromatic nitrogens is 3. The van der Waals surface area contributed by atoms with E-state index >= 15 is 0 Å². The molecule has 0 bridgehead atoms. The Morgan fingerprint density at radius 2 is 2.22 bits per heavy atom. The molecular formula is C12H13N3O2S. The molecule has 18 heavy (non-hydrogen) atoms. The van der Waals surface area contributed by atoms with Crippen LogP contribution in [0.1, 0.15) is 0 Å². The zero-order valence-electron chi connectivity index (χ0n) is 9.92. The molecule has 0 unspecified atom stereocenters. The van der Waals surface area contributed by atoms with Gasteiger partial charge in [0.2, 0.25) is 0 Å². The summed E-state index contributed by atoms with van der Waals surface area (Å²) in [6, 6.07) is 7.23. The first-order valence-electron chi connectivity index (χ1n) is 5.32. The molecule has 0 aliphatic rings. The maximum absolute atomic E-state index is 11.7. The minimum absolute atomic E-state index is 0.258. The van der Waals surface area contributed by atoms with Gasteiger partial charge in [0.15, 0.2) is 5.16 Å². The number of nitrogens with one attached hydrogen (secondary N) is 1. The van der Waals surface area contributed by atoms with Gasteiger partial charge in [-0.2, -0.15) is 0 Å².